The molecule has 0 aliphatic heterocycles. The standard InChI is InChI=1S/C22H26Cl2O6/c1-20-7-5-12(25)9-11(20)3-4-13-14-6-8-22(19(28)29,30-18(27)17(23)24)21(14,2)10-15(26)16(13)20/h9,13-14,16-17H,3-8,10H2,1-2H3,(H,28,29)/t13-,14-,16+,20-,21-,22-/m0/s1. The molecule has 6 nitrogen and oxygen atoms in total. The van der Waals surface area contributed by atoms with Crippen LogP contribution in [-0.4, -0.2) is 39.0 Å². The highest BCUT2D eigenvalue weighted by molar-refractivity contribution is 6.53. The normalized spacial score (nSPS) is 42.8. The van der Waals surface area contributed by atoms with E-state index in [1.54, 1.807) is 13.0 Å². The molecule has 4 aliphatic rings. The van der Waals surface area contributed by atoms with E-state index < -0.39 is 27.8 Å². The van der Waals surface area contributed by atoms with E-state index in [9.17, 15) is 24.3 Å². The number of carbonyl (C=O) groups excluding carboxylic acids is 3. The van der Waals surface area contributed by atoms with Crippen molar-refractivity contribution >= 4 is 46.7 Å². The van der Waals surface area contributed by atoms with Crippen molar-refractivity contribution in [3.05, 3.63) is 11.6 Å². The van der Waals surface area contributed by atoms with Crippen LogP contribution < -0.4 is 0 Å². The maximum Gasteiger partial charge on any atom is 0.348 e. The third-order valence-corrected chi connectivity index (χ3v) is 8.93. The van der Waals surface area contributed by atoms with Crippen molar-refractivity contribution in [1.82, 2.24) is 0 Å². The molecule has 4 aliphatic carbocycles. The third kappa shape index (κ3) is 2.82. The number of fused-ring (bicyclic) bond motifs is 5. The predicted molar refractivity (Wildman–Crippen MR) is 109 cm³/mol. The molecule has 8 heteroatoms. The zero-order valence-electron chi connectivity index (χ0n) is 17.1. The number of carboxylic acids is 1. The number of carbonyl (C=O) groups is 4. The number of carboxylic acid groups (broad SMARTS) is 1. The van der Waals surface area contributed by atoms with Crippen molar-refractivity contribution < 1.29 is 29.0 Å². The topological polar surface area (TPSA) is 97.7 Å². The Bertz CT molecular complexity index is 866. The Balaban J connectivity index is 1.74. The molecule has 0 aromatic carbocycles. The first-order valence-corrected chi connectivity index (χ1v) is 11.3. The number of allylic oxidation sites excluding steroid dienone is 1. The van der Waals surface area contributed by atoms with Crippen molar-refractivity contribution in [1.29, 1.82) is 0 Å². The third-order valence-electron chi connectivity index (χ3n) is 8.57. The zero-order valence-corrected chi connectivity index (χ0v) is 18.6. The van der Waals surface area contributed by atoms with Gasteiger partial charge in [0.05, 0.1) is 0 Å². The number of halogens is 2. The fourth-order valence-electron chi connectivity index (χ4n) is 7.15. The fourth-order valence-corrected chi connectivity index (χ4v) is 7.24. The Kier molecular flexibility index (Phi) is 5.13. The van der Waals surface area contributed by atoms with Gasteiger partial charge in [-0.05, 0) is 55.4 Å². The Hall–Kier alpha value is -1.40. The van der Waals surface area contributed by atoms with Crippen LogP contribution in [0.1, 0.15) is 58.8 Å². The Morgan fingerprint density at radius 1 is 1.17 bits per heavy atom. The molecule has 0 saturated heterocycles. The summed E-state index contributed by atoms with van der Waals surface area (Å²) < 4.78 is 5.46. The molecule has 0 unspecified atom stereocenters. The van der Waals surface area contributed by atoms with Gasteiger partial charge in [0.25, 0.3) is 0 Å². The lowest BCUT2D eigenvalue weighted by molar-refractivity contribution is -0.200. The summed E-state index contributed by atoms with van der Waals surface area (Å²) in [5.74, 6) is -2.46. The second kappa shape index (κ2) is 7.06. The molecule has 1 N–H and O–H groups in total. The first-order valence-electron chi connectivity index (χ1n) is 10.5. The van der Waals surface area contributed by atoms with Crippen LogP contribution in [0.25, 0.3) is 0 Å². The minimum atomic E-state index is -1.82. The molecule has 0 spiro atoms. The van der Waals surface area contributed by atoms with Gasteiger partial charge < -0.3 is 9.84 Å². The molecular weight excluding hydrogens is 431 g/mol. The Labute approximate surface area is 185 Å². The van der Waals surface area contributed by atoms with Crippen molar-refractivity contribution in [2.24, 2.45) is 28.6 Å². The molecule has 0 aromatic rings. The second-order valence-corrected chi connectivity index (χ2v) is 10.9. The largest absolute Gasteiger partial charge is 0.478 e. The zero-order chi connectivity index (χ0) is 22.1. The molecule has 6 atom stereocenters. The van der Waals surface area contributed by atoms with Crippen LogP contribution in [0, 0.1) is 28.6 Å². The first kappa shape index (κ1) is 21.8. The van der Waals surface area contributed by atoms with E-state index in [-0.39, 0.29) is 47.6 Å². The maximum atomic E-state index is 13.6. The van der Waals surface area contributed by atoms with Crippen LogP contribution in [0.15, 0.2) is 11.6 Å². The van der Waals surface area contributed by atoms with Gasteiger partial charge in [0, 0.05) is 24.2 Å². The lowest BCUT2D eigenvalue weighted by atomic mass is 9.46. The van der Waals surface area contributed by atoms with Gasteiger partial charge in [-0.15, -0.1) is 0 Å². The summed E-state index contributed by atoms with van der Waals surface area (Å²) in [6.07, 6.45) is 4.95. The molecular formula is C22H26Cl2O6. The molecule has 30 heavy (non-hydrogen) atoms. The number of hydrogen-bond acceptors (Lipinski definition) is 5. The summed E-state index contributed by atoms with van der Waals surface area (Å²) >= 11 is 11.3. The number of esters is 1. The van der Waals surface area contributed by atoms with Gasteiger partial charge in [-0.2, -0.15) is 0 Å². The highest BCUT2D eigenvalue weighted by atomic mass is 35.5. The van der Waals surface area contributed by atoms with Crippen LogP contribution in [0.3, 0.4) is 0 Å². The van der Waals surface area contributed by atoms with Crippen LogP contribution >= 0.6 is 23.2 Å². The number of hydrogen-bond donors (Lipinski definition) is 1. The van der Waals surface area contributed by atoms with Gasteiger partial charge in [-0.1, -0.05) is 42.6 Å². The number of alkyl halides is 2. The minimum absolute atomic E-state index is 0.00179. The highest BCUT2D eigenvalue weighted by Gasteiger charge is 2.71. The van der Waals surface area contributed by atoms with Crippen molar-refractivity contribution in [2.75, 3.05) is 0 Å². The average molecular weight is 457 g/mol. The highest BCUT2D eigenvalue weighted by Crippen LogP contribution is 2.67. The lowest BCUT2D eigenvalue weighted by Crippen LogP contribution is -2.62. The monoisotopic (exact) mass is 456 g/mol. The van der Waals surface area contributed by atoms with E-state index in [1.807, 2.05) is 0 Å². The number of ether oxygens (including phenoxy) is 1. The lowest BCUT2D eigenvalue weighted by Gasteiger charge is -2.57. The van der Waals surface area contributed by atoms with E-state index in [2.05, 4.69) is 6.92 Å². The van der Waals surface area contributed by atoms with Crippen molar-refractivity contribution in [2.45, 2.75) is 69.2 Å². The van der Waals surface area contributed by atoms with Gasteiger partial charge >= 0.3 is 11.9 Å². The SMILES string of the molecule is C[C@]12CCC(=O)C=C1CC[C@@H]1[C@@H]2C(=O)C[C@@]2(C)[C@H]1CC[C@]2(OC(=O)C(Cl)Cl)C(=O)O. The molecule has 0 heterocycles. The predicted octanol–water partition coefficient (Wildman–Crippen LogP) is 3.87. The Morgan fingerprint density at radius 3 is 2.50 bits per heavy atom. The van der Waals surface area contributed by atoms with E-state index in [1.165, 1.54) is 0 Å². The van der Waals surface area contributed by atoms with Gasteiger partial charge in [0.2, 0.25) is 10.4 Å². The van der Waals surface area contributed by atoms with Gasteiger partial charge in [-0.3, -0.25) is 9.59 Å². The molecule has 3 fully saturated rings. The van der Waals surface area contributed by atoms with Gasteiger partial charge in [0.15, 0.2) is 5.78 Å². The minimum Gasteiger partial charge on any atom is -0.478 e. The summed E-state index contributed by atoms with van der Waals surface area (Å²) in [6.45, 7) is 3.84. The van der Waals surface area contributed by atoms with Gasteiger partial charge in [-0.25, -0.2) is 9.59 Å². The van der Waals surface area contributed by atoms with Crippen molar-refractivity contribution in [3.8, 4) is 0 Å². The summed E-state index contributed by atoms with van der Waals surface area (Å²) in [6, 6.07) is 0. The van der Waals surface area contributed by atoms with Crippen LogP contribution in [0.4, 0.5) is 0 Å². The van der Waals surface area contributed by atoms with E-state index >= 15 is 0 Å². The van der Waals surface area contributed by atoms with Crippen LogP contribution in [0.2, 0.25) is 0 Å². The molecule has 0 amide bonds. The molecule has 0 aromatic heterocycles. The summed E-state index contributed by atoms with van der Waals surface area (Å²) in [5.41, 5.74) is -2.16. The number of rotatable bonds is 3. The van der Waals surface area contributed by atoms with Crippen molar-refractivity contribution in [3.63, 3.8) is 0 Å². The maximum absolute atomic E-state index is 13.6. The first-order chi connectivity index (χ1) is 14.0. The molecule has 3 saturated carbocycles. The summed E-state index contributed by atoms with van der Waals surface area (Å²) in [4.78, 5) is 48.6. The smallest absolute Gasteiger partial charge is 0.348 e. The summed E-state index contributed by atoms with van der Waals surface area (Å²) in [7, 11) is 0. The number of aliphatic carboxylic acids is 1. The fraction of sp³-hybridized carbons (Fsp3) is 0.727. The molecule has 164 valence electrons. The quantitative estimate of drug-likeness (QED) is 0.511. The number of ketones is 2. The van der Waals surface area contributed by atoms with Crippen LogP contribution in [-0.2, 0) is 23.9 Å². The number of Topliss-reactive ketones (excluding diaryl/α,β-unsaturated/α-hetero) is 1. The van der Waals surface area contributed by atoms with E-state index in [0.717, 1.165) is 18.4 Å². The van der Waals surface area contributed by atoms with E-state index in [0.29, 0.717) is 19.3 Å². The summed E-state index contributed by atoms with van der Waals surface area (Å²) in [5, 5.41) is 10.1. The van der Waals surface area contributed by atoms with Crippen LogP contribution in [0.5, 0.6) is 0 Å². The average Bonchev–Trinajstić information content (AvgIpc) is 2.94. The molecule has 0 radical (unpaired) electrons. The second-order valence-electron chi connectivity index (χ2n) is 9.79. The van der Waals surface area contributed by atoms with Gasteiger partial charge in [0.1, 0.15) is 5.78 Å². The molecule has 0 bridgehead atoms. The Morgan fingerprint density at radius 2 is 1.87 bits per heavy atom. The molecule has 4 rings (SSSR count). The van der Waals surface area contributed by atoms with E-state index in [4.69, 9.17) is 27.9 Å².